The Bertz CT molecular complexity index is 813. The highest BCUT2D eigenvalue weighted by atomic mass is 16.5. The quantitative estimate of drug-likeness (QED) is 0.750. The smallest absolute Gasteiger partial charge is 0.247 e. The molecule has 0 radical (unpaired) electrons. The lowest BCUT2D eigenvalue weighted by Gasteiger charge is -2.25. The van der Waals surface area contributed by atoms with Crippen LogP contribution in [-0.2, 0) is 4.79 Å². The third-order valence-corrected chi connectivity index (χ3v) is 4.93. The van der Waals surface area contributed by atoms with Crippen molar-refractivity contribution in [3.05, 3.63) is 65.2 Å². The molecule has 1 unspecified atom stereocenters. The Morgan fingerprint density at radius 2 is 1.96 bits per heavy atom. The van der Waals surface area contributed by atoms with Crippen molar-refractivity contribution in [3.63, 3.8) is 0 Å². The van der Waals surface area contributed by atoms with Gasteiger partial charge in [-0.3, -0.25) is 4.79 Å². The van der Waals surface area contributed by atoms with Gasteiger partial charge in [0.05, 0.1) is 20.3 Å². The predicted octanol–water partition coefficient (Wildman–Crippen LogP) is 4.39. The lowest BCUT2D eigenvalue weighted by Crippen LogP contribution is -2.29. The first-order chi connectivity index (χ1) is 12.6. The molecule has 0 bridgehead atoms. The molecule has 0 aromatic heterocycles. The first-order valence-electron chi connectivity index (χ1n) is 8.90. The standard InChI is InChI=1S/C22H25NO3/c1-16-7-4-5-8-17(16)10-13-22(24)23-14-6-9-20(23)19-15-18(25-2)11-12-21(19)26-3/h4-5,7-8,10-13,15,20H,6,9,14H2,1-3H3. The van der Waals surface area contributed by atoms with Crippen LogP contribution in [0.2, 0.25) is 0 Å². The molecule has 0 N–H and O–H groups in total. The van der Waals surface area contributed by atoms with Gasteiger partial charge in [-0.25, -0.2) is 0 Å². The van der Waals surface area contributed by atoms with Crippen LogP contribution in [-0.4, -0.2) is 31.6 Å². The van der Waals surface area contributed by atoms with E-state index in [2.05, 4.69) is 0 Å². The molecule has 1 saturated heterocycles. The van der Waals surface area contributed by atoms with E-state index in [-0.39, 0.29) is 11.9 Å². The number of nitrogens with zero attached hydrogens (tertiary/aromatic N) is 1. The first kappa shape index (κ1) is 18.1. The normalized spacial score (nSPS) is 16.9. The summed E-state index contributed by atoms with van der Waals surface area (Å²) in [6.07, 6.45) is 5.48. The fourth-order valence-electron chi connectivity index (χ4n) is 3.48. The molecule has 4 nitrogen and oxygen atoms in total. The molecule has 136 valence electrons. The highest BCUT2D eigenvalue weighted by Gasteiger charge is 2.31. The van der Waals surface area contributed by atoms with Gasteiger partial charge in [-0.1, -0.05) is 24.3 Å². The zero-order valence-corrected chi connectivity index (χ0v) is 15.6. The van der Waals surface area contributed by atoms with Gasteiger partial charge in [-0.15, -0.1) is 0 Å². The molecule has 1 heterocycles. The van der Waals surface area contributed by atoms with Crippen molar-refractivity contribution in [2.75, 3.05) is 20.8 Å². The maximum absolute atomic E-state index is 12.8. The second kappa shape index (κ2) is 8.09. The number of methoxy groups -OCH3 is 2. The summed E-state index contributed by atoms with van der Waals surface area (Å²) in [4.78, 5) is 14.8. The molecule has 0 aliphatic carbocycles. The number of rotatable bonds is 5. The van der Waals surface area contributed by atoms with Gasteiger partial charge in [0.2, 0.25) is 5.91 Å². The minimum atomic E-state index is 0.00840. The summed E-state index contributed by atoms with van der Waals surface area (Å²) < 4.78 is 10.9. The summed E-state index contributed by atoms with van der Waals surface area (Å²) in [6, 6.07) is 13.8. The topological polar surface area (TPSA) is 38.8 Å². The monoisotopic (exact) mass is 351 g/mol. The van der Waals surface area contributed by atoms with Crippen molar-refractivity contribution in [2.24, 2.45) is 0 Å². The number of amides is 1. The molecular weight excluding hydrogens is 326 g/mol. The molecule has 0 saturated carbocycles. The van der Waals surface area contributed by atoms with E-state index in [4.69, 9.17) is 9.47 Å². The van der Waals surface area contributed by atoms with E-state index in [0.717, 1.165) is 47.6 Å². The summed E-state index contributed by atoms with van der Waals surface area (Å²) in [5.41, 5.74) is 3.22. The third-order valence-electron chi connectivity index (χ3n) is 4.93. The largest absolute Gasteiger partial charge is 0.497 e. The third kappa shape index (κ3) is 3.74. The Morgan fingerprint density at radius 1 is 1.15 bits per heavy atom. The number of carbonyl (C=O) groups excluding carboxylic acids is 1. The first-order valence-corrected chi connectivity index (χ1v) is 8.90. The van der Waals surface area contributed by atoms with E-state index < -0.39 is 0 Å². The van der Waals surface area contributed by atoms with Gasteiger partial charge >= 0.3 is 0 Å². The van der Waals surface area contributed by atoms with Crippen molar-refractivity contribution in [1.29, 1.82) is 0 Å². The number of benzene rings is 2. The number of aryl methyl sites for hydroxylation is 1. The van der Waals surface area contributed by atoms with E-state index in [1.807, 2.05) is 60.4 Å². The second-order valence-corrected chi connectivity index (χ2v) is 6.49. The van der Waals surface area contributed by atoms with Crippen LogP contribution in [0.4, 0.5) is 0 Å². The minimum Gasteiger partial charge on any atom is -0.497 e. The zero-order valence-electron chi connectivity index (χ0n) is 15.6. The van der Waals surface area contributed by atoms with Crippen LogP contribution in [0.25, 0.3) is 6.08 Å². The van der Waals surface area contributed by atoms with E-state index >= 15 is 0 Å². The van der Waals surface area contributed by atoms with Gasteiger partial charge in [-0.05, 0) is 55.2 Å². The Labute approximate surface area is 155 Å². The lowest BCUT2D eigenvalue weighted by atomic mass is 10.0. The molecule has 26 heavy (non-hydrogen) atoms. The van der Waals surface area contributed by atoms with Crippen LogP contribution in [0.15, 0.2) is 48.5 Å². The van der Waals surface area contributed by atoms with E-state index in [1.54, 1.807) is 20.3 Å². The van der Waals surface area contributed by atoms with Crippen molar-refractivity contribution >= 4 is 12.0 Å². The molecular formula is C22H25NO3. The van der Waals surface area contributed by atoms with Gasteiger partial charge in [0.1, 0.15) is 11.5 Å². The number of ether oxygens (including phenoxy) is 2. The summed E-state index contributed by atoms with van der Waals surface area (Å²) in [5, 5.41) is 0. The maximum Gasteiger partial charge on any atom is 0.247 e. The molecule has 2 aromatic carbocycles. The van der Waals surface area contributed by atoms with Gasteiger partial charge < -0.3 is 14.4 Å². The van der Waals surface area contributed by atoms with Crippen molar-refractivity contribution in [1.82, 2.24) is 4.90 Å². The van der Waals surface area contributed by atoms with Crippen molar-refractivity contribution < 1.29 is 14.3 Å². The number of hydrogen-bond acceptors (Lipinski definition) is 3. The van der Waals surface area contributed by atoms with Crippen LogP contribution >= 0.6 is 0 Å². The SMILES string of the molecule is COc1ccc(OC)c(C2CCCN2C(=O)C=Cc2ccccc2C)c1. The number of carbonyl (C=O) groups is 1. The minimum absolute atomic E-state index is 0.00840. The number of hydrogen-bond donors (Lipinski definition) is 0. The van der Waals surface area contributed by atoms with Gasteiger partial charge in [0, 0.05) is 18.2 Å². The summed E-state index contributed by atoms with van der Waals surface area (Å²) in [7, 11) is 3.30. The predicted molar refractivity (Wildman–Crippen MR) is 103 cm³/mol. The Hall–Kier alpha value is -2.75. The number of likely N-dealkylation sites (tertiary alicyclic amines) is 1. The molecule has 4 heteroatoms. The highest BCUT2D eigenvalue weighted by molar-refractivity contribution is 5.92. The van der Waals surface area contributed by atoms with Gasteiger partial charge in [0.15, 0.2) is 0 Å². The van der Waals surface area contributed by atoms with Crippen LogP contribution in [0, 0.1) is 6.92 Å². The molecule has 3 rings (SSSR count). The van der Waals surface area contributed by atoms with Crippen molar-refractivity contribution in [2.45, 2.75) is 25.8 Å². The lowest BCUT2D eigenvalue weighted by molar-refractivity contribution is -0.126. The van der Waals surface area contributed by atoms with Gasteiger partial charge in [-0.2, -0.15) is 0 Å². The highest BCUT2D eigenvalue weighted by Crippen LogP contribution is 2.39. The molecule has 1 aliphatic heterocycles. The fraction of sp³-hybridized carbons (Fsp3) is 0.318. The second-order valence-electron chi connectivity index (χ2n) is 6.49. The summed E-state index contributed by atoms with van der Waals surface area (Å²) >= 11 is 0. The van der Waals surface area contributed by atoms with Crippen molar-refractivity contribution in [3.8, 4) is 11.5 Å². The molecule has 1 aliphatic rings. The molecule has 1 atom stereocenters. The molecule has 0 spiro atoms. The van der Waals surface area contributed by atoms with Gasteiger partial charge in [0.25, 0.3) is 0 Å². The summed E-state index contributed by atoms with van der Waals surface area (Å²) in [6.45, 7) is 2.80. The molecule has 1 fully saturated rings. The van der Waals surface area contributed by atoms with Crippen LogP contribution in [0.3, 0.4) is 0 Å². The van der Waals surface area contributed by atoms with E-state index in [0.29, 0.717) is 0 Å². The molecule has 1 amide bonds. The van der Waals surface area contributed by atoms with E-state index in [1.165, 1.54) is 0 Å². The van der Waals surface area contributed by atoms with Crippen LogP contribution in [0.5, 0.6) is 11.5 Å². The maximum atomic E-state index is 12.8. The van der Waals surface area contributed by atoms with Crippen LogP contribution in [0.1, 0.15) is 35.6 Å². The zero-order chi connectivity index (χ0) is 18.5. The molecule has 2 aromatic rings. The average molecular weight is 351 g/mol. The van der Waals surface area contributed by atoms with E-state index in [9.17, 15) is 4.79 Å². The Kier molecular flexibility index (Phi) is 5.61. The van der Waals surface area contributed by atoms with Crippen LogP contribution < -0.4 is 9.47 Å². The summed E-state index contributed by atoms with van der Waals surface area (Å²) in [5.74, 6) is 1.59. The average Bonchev–Trinajstić information content (AvgIpc) is 3.16. The fourth-order valence-corrected chi connectivity index (χ4v) is 3.48. The Balaban J connectivity index is 1.84. The Morgan fingerprint density at radius 3 is 2.69 bits per heavy atom.